The number of hydrogen-bond acceptors (Lipinski definition) is 5. The number of piperidine rings is 1. The molecule has 1 aromatic heterocycles. The van der Waals surface area contributed by atoms with Gasteiger partial charge in [-0.1, -0.05) is 30.3 Å². The van der Waals surface area contributed by atoms with Gasteiger partial charge in [0.2, 0.25) is 5.95 Å². The average molecular weight is 564 g/mol. The molecule has 6 nitrogen and oxygen atoms in total. The molecule has 2 fully saturated rings. The second-order valence-corrected chi connectivity index (χ2v) is 9.99. The summed E-state index contributed by atoms with van der Waals surface area (Å²) in [5.41, 5.74) is -2.66. The van der Waals surface area contributed by atoms with E-state index in [2.05, 4.69) is 19.8 Å². The van der Waals surface area contributed by atoms with Crippen LogP contribution in [0.3, 0.4) is 0 Å². The summed E-state index contributed by atoms with van der Waals surface area (Å²) >= 11 is 0. The summed E-state index contributed by atoms with van der Waals surface area (Å²) in [5.74, 6) is -0.366. The molecule has 2 atom stereocenters. The fourth-order valence-corrected chi connectivity index (χ4v) is 5.56. The molecule has 0 aliphatic carbocycles. The molecular formula is C28H27F6N5O. The minimum absolute atomic E-state index is 0.0376. The summed E-state index contributed by atoms with van der Waals surface area (Å²) in [6.07, 6.45) is -6.15. The number of amides is 1. The Balaban J connectivity index is 1.37. The molecule has 0 N–H and O–H groups in total. The summed E-state index contributed by atoms with van der Waals surface area (Å²) < 4.78 is 80.5. The smallest absolute Gasteiger partial charge is 0.338 e. The van der Waals surface area contributed by atoms with Crippen LogP contribution in [0, 0.1) is 0 Å². The Hall–Kier alpha value is -3.67. The summed E-state index contributed by atoms with van der Waals surface area (Å²) in [5, 5.41) is 0. The molecule has 2 unspecified atom stereocenters. The molecule has 2 aliphatic heterocycles. The zero-order valence-electron chi connectivity index (χ0n) is 21.4. The first-order chi connectivity index (χ1) is 19.0. The van der Waals surface area contributed by atoms with Gasteiger partial charge in [-0.25, -0.2) is 9.97 Å². The maximum atomic E-state index is 13.4. The molecule has 0 bridgehead atoms. The molecule has 2 aromatic carbocycles. The van der Waals surface area contributed by atoms with Gasteiger partial charge >= 0.3 is 12.4 Å². The number of carbonyl (C=O) groups is 1. The number of carbonyl (C=O) groups excluding carboxylic acids is 1. The van der Waals surface area contributed by atoms with Crippen molar-refractivity contribution in [3.05, 3.63) is 89.2 Å². The highest BCUT2D eigenvalue weighted by molar-refractivity contribution is 5.95. The van der Waals surface area contributed by atoms with Crippen molar-refractivity contribution in [2.24, 2.45) is 0 Å². The maximum Gasteiger partial charge on any atom is 0.416 e. The van der Waals surface area contributed by atoms with E-state index >= 15 is 0 Å². The van der Waals surface area contributed by atoms with E-state index in [1.54, 1.807) is 18.5 Å². The van der Waals surface area contributed by atoms with Crippen LogP contribution in [0.15, 0.2) is 67.0 Å². The highest BCUT2D eigenvalue weighted by Gasteiger charge is 2.40. The lowest BCUT2D eigenvalue weighted by atomic mass is 9.84. The van der Waals surface area contributed by atoms with Crippen molar-refractivity contribution in [2.45, 2.75) is 30.7 Å². The molecule has 3 heterocycles. The third-order valence-electron chi connectivity index (χ3n) is 7.54. The van der Waals surface area contributed by atoms with Gasteiger partial charge in [-0.2, -0.15) is 26.3 Å². The Morgan fingerprint density at radius 1 is 0.775 bits per heavy atom. The third-order valence-corrected chi connectivity index (χ3v) is 7.54. The average Bonchev–Trinajstić information content (AvgIpc) is 2.96. The van der Waals surface area contributed by atoms with Gasteiger partial charge in [0.05, 0.1) is 11.1 Å². The third kappa shape index (κ3) is 6.06. The van der Waals surface area contributed by atoms with Gasteiger partial charge in [0.15, 0.2) is 0 Å². The minimum atomic E-state index is -5.03. The second kappa shape index (κ2) is 11.1. The lowest BCUT2D eigenvalue weighted by Crippen LogP contribution is -2.56. The largest absolute Gasteiger partial charge is 0.416 e. The monoisotopic (exact) mass is 563 g/mol. The van der Waals surface area contributed by atoms with E-state index in [4.69, 9.17) is 0 Å². The molecule has 40 heavy (non-hydrogen) atoms. The Morgan fingerprint density at radius 2 is 1.38 bits per heavy atom. The van der Waals surface area contributed by atoms with Gasteiger partial charge in [-0.15, -0.1) is 0 Å². The van der Waals surface area contributed by atoms with E-state index in [9.17, 15) is 31.1 Å². The predicted molar refractivity (Wildman–Crippen MR) is 136 cm³/mol. The molecule has 3 aromatic rings. The van der Waals surface area contributed by atoms with Gasteiger partial charge in [-0.3, -0.25) is 9.69 Å². The Kier molecular flexibility index (Phi) is 7.72. The molecule has 2 saturated heterocycles. The number of nitrogens with zero attached hydrogens (tertiary/aromatic N) is 5. The van der Waals surface area contributed by atoms with E-state index < -0.39 is 35.0 Å². The first kappa shape index (κ1) is 27.9. The standard InChI is InChI=1S/C28H27F6N5O/c29-27(30,31)21-15-20(16-22(17-21)28(32,33)34)25(40)39-10-7-24(23(18-39)19-5-2-1-3-6-19)37-11-13-38(14-12-37)26-35-8-4-9-36-26/h1-6,8-9,15-17,23-24H,7,10-14,18H2. The van der Waals surface area contributed by atoms with Gasteiger partial charge < -0.3 is 9.80 Å². The van der Waals surface area contributed by atoms with Crippen molar-refractivity contribution in [3.8, 4) is 0 Å². The van der Waals surface area contributed by atoms with Crippen molar-refractivity contribution in [1.82, 2.24) is 19.8 Å². The summed E-state index contributed by atoms with van der Waals surface area (Å²) in [6.45, 7) is 3.25. The van der Waals surface area contributed by atoms with E-state index in [0.717, 1.165) is 18.7 Å². The van der Waals surface area contributed by atoms with Crippen molar-refractivity contribution >= 4 is 11.9 Å². The fourth-order valence-electron chi connectivity index (χ4n) is 5.56. The van der Waals surface area contributed by atoms with Crippen LogP contribution in [0.1, 0.15) is 39.4 Å². The SMILES string of the molecule is O=C(c1cc(C(F)(F)F)cc(C(F)(F)F)c1)N1CCC(N2CCN(c3ncccn3)CC2)C(c2ccccc2)C1. The molecule has 1 amide bonds. The Labute approximate surface area is 227 Å². The summed E-state index contributed by atoms with van der Waals surface area (Å²) in [4.78, 5) is 27.8. The predicted octanol–water partition coefficient (Wildman–Crippen LogP) is 5.33. The molecule has 0 spiro atoms. The van der Waals surface area contributed by atoms with E-state index in [0.29, 0.717) is 37.6 Å². The lowest BCUT2D eigenvalue weighted by Gasteiger charge is -2.47. The summed E-state index contributed by atoms with van der Waals surface area (Å²) in [7, 11) is 0. The van der Waals surface area contributed by atoms with Crippen LogP contribution < -0.4 is 4.90 Å². The van der Waals surface area contributed by atoms with Crippen LogP contribution >= 0.6 is 0 Å². The van der Waals surface area contributed by atoms with Crippen LogP contribution in [0.25, 0.3) is 0 Å². The second-order valence-electron chi connectivity index (χ2n) is 9.99. The van der Waals surface area contributed by atoms with Crippen molar-refractivity contribution in [2.75, 3.05) is 44.2 Å². The number of benzene rings is 2. The number of anilines is 1. The van der Waals surface area contributed by atoms with Gasteiger partial charge in [-0.05, 0) is 36.2 Å². The first-order valence-corrected chi connectivity index (χ1v) is 12.9. The van der Waals surface area contributed by atoms with Crippen LogP contribution in [0.5, 0.6) is 0 Å². The minimum Gasteiger partial charge on any atom is -0.338 e. The van der Waals surface area contributed by atoms with Gasteiger partial charge in [0, 0.05) is 69.2 Å². The van der Waals surface area contributed by atoms with Crippen molar-refractivity contribution < 1.29 is 31.1 Å². The number of likely N-dealkylation sites (tertiary alicyclic amines) is 1. The van der Waals surface area contributed by atoms with Crippen molar-refractivity contribution in [3.63, 3.8) is 0 Å². The zero-order chi connectivity index (χ0) is 28.5. The van der Waals surface area contributed by atoms with Crippen LogP contribution in [-0.4, -0.2) is 71.0 Å². The topological polar surface area (TPSA) is 52.6 Å². The Morgan fingerprint density at radius 3 is 1.95 bits per heavy atom. The van der Waals surface area contributed by atoms with Gasteiger partial charge in [0.1, 0.15) is 0 Å². The lowest BCUT2D eigenvalue weighted by molar-refractivity contribution is -0.143. The molecular weight excluding hydrogens is 536 g/mol. The normalized spacial score (nSPS) is 20.9. The number of alkyl halides is 6. The Bertz CT molecular complexity index is 1280. The molecule has 0 radical (unpaired) electrons. The molecule has 12 heteroatoms. The molecule has 2 aliphatic rings. The van der Waals surface area contributed by atoms with E-state index in [-0.39, 0.29) is 31.1 Å². The van der Waals surface area contributed by atoms with Crippen LogP contribution in [0.2, 0.25) is 0 Å². The van der Waals surface area contributed by atoms with Gasteiger partial charge in [0.25, 0.3) is 5.91 Å². The van der Waals surface area contributed by atoms with E-state index in [1.807, 2.05) is 30.3 Å². The molecule has 212 valence electrons. The number of piperazine rings is 1. The number of halogens is 6. The summed E-state index contributed by atoms with van der Waals surface area (Å²) in [6, 6.07) is 12.3. The van der Waals surface area contributed by atoms with Crippen LogP contribution in [0.4, 0.5) is 32.3 Å². The highest BCUT2D eigenvalue weighted by Crippen LogP contribution is 2.38. The molecule has 0 saturated carbocycles. The number of aromatic nitrogens is 2. The highest BCUT2D eigenvalue weighted by atomic mass is 19.4. The number of hydrogen-bond donors (Lipinski definition) is 0. The van der Waals surface area contributed by atoms with Crippen LogP contribution in [-0.2, 0) is 12.4 Å². The van der Waals surface area contributed by atoms with E-state index in [1.165, 1.54) is 4.90 Å². The first-order valence-electron chi connectivity index (χ1n) is 12.9. The fraction of sp³-hybridized carbons (Fsp3) is 0.393. The quantitative estimate of drug-likeness (QED) is 0.402. The number of rotatable bonds is 4. The zero-order valence-corrected chi connectivity index (χ0v) is 21.4. The van der Waals surface area contributed by atoms with Crippen molar-refractivity contribution in [1.29, 1.82) is 0 Å². The molecule has 5 rings (SSSR count). The maximum absolute atomic E-state index is 13.4.